The van der Waals surface area contributed by atoms with Crippen LogP contribution in [0.2, 0.25) is 0 Å². The zero-order valence-corrected chi connectivity index (χ0v) is 17.2. The fourth-order valence-corrected chi connectivity index (χ4v) is 5.28. The van der Waals surface area contributed by atoms with Gasteiger partial charge in [0.2, 0.25) is 11.5 Å². The van der Waals surface area contributed by atoms with Crippen molar-refractivity contribution >= 4 is 5.78 Å². The lowest BCUT2D eigenvalue weighted by Gasteiger charge is -2.47. The number of rotatable bonds is 1. The minimum atomic E-state index is -0.392. The Morgan fingerprint density at radius 2 is 2.00 bits per heavy atom. The van der Waals surface area contributed by atoms with Gasteiger partial charge in [-0.2, -0.15) is 0 Å². The van der Waals surface area contributed by atoms with Crippen LogP contribution in [0, 0.1) is 23.2 Å². The summed E-state index contributed by atoms with van der Waals surface area (Å²) < 4.78 is 18.3. The van der Waals surface area contributed by atoms with Gasteiger partial charge in [-0.1, -0.05) is 37.6 Å². The molecule has 4 nitrogen and oxygen atoms in total. The van der Waals surface area contributed by atoms with Crippen LogP contribution >= 0.6 is 0 Å². The van der Waals surface area contributed by atoms with Crippen molar-refractivity contribution in [1.29, 1.82) is 0 Å². The van der Waals surface area contributed by atoms with E-state index in [1.54, 1.807) is 7.11 Å². The lowest BCUT2D eigenvalue weighted by atomic mass is 9.71. The van der Waals surface area contributed by atoms with Crippen LogP contribution < -0.4 is 0 Å². The summed E-state index contributed by atoms with van der Waals surface area (Å²) >= 11 is 0. The van der Waals surface area contributed by atoms with Crippen molar-refractivity contribution in [3.8, 4) is 0 Å². The van der Waals surface area contributed by atoms with Gasteiger partial charge in [0.25, 0.3) is 0 Å². The number of fused-ring (bicyclic) bond motifs is 2. The molecule has 0 N–H and O–H groups in total. The minimum absolute atomic E-state index is 0.0281. The summed E-state index contributed by atoms with van der Waals surface area (Å²) in [5.41, 5.74) is 1.16. The smallest absolute Gasteiger partial charge is 0.207 e. The van der Waals surface area contributed by atoms with E-state index in [-0.39, 0.29) is 35.1 Å². The van der Waals surface area contributed by atoms with Gasteiger partial charge in [-0.05, 0) is 38.5 Å². The molecule has 148 valence electrons. The van der Waals surface area contributed by atoms with Crippen LogP contribution in [0.1, 0.15) is 53.4 Å². The second kappa shape index (κ2) is 6.51. The number of carbonyl (C=O) groups excluding carboxylic acids is 1. The van der Waals surface area contributed by atoms with Crippen LogP contribution in [0.5, 0.6) is 0 Å². The molecule has 5 atom stereocenters. The number of ether oxygens (including phenoxy) is 3. The third-order valence-corrected chi connectivity index (χ3v) is 6.99. The van der Waals surface area contributed by atoms with Gasteiger partial charge in [0.05, 0.1) is 31.7 Å². The molecular weight excluding hydrogens is 340 g/mol. The number of ketones is 1. The first-order valence-corrected chi connectivity index (χ1v) is 10.2. The normalized spacial score (nSPS) is 43.7. The Balaban J connectivity index is 1.74. The Morgan fingerprint density at radius 1 is 1.22 bits per heavy atom. The molecule has 4 heteroatoms. The van der Waals surface area contributed by atoms with Crippen molar-refractivity contribution < 1.29 is 19.0 Å². The number of methoxy groups -OCH3 is 1. The van der Waals surface area contributed by atoms with E-state index in [2.05, 4.69) is 45.9 Å². The summed E-state index contributed by atoms with van der Waals surface area (Å²) in [4.78, 5) is 12.7. The van der Waals surface area contributed by atoms with Gasteiger partial charge < -0.3 is 14.2 Å². The monoisotopic (exact) mass is 372 g/mol. The highest BCUT2D eigenvalue weighted by Crippen LogP contribution is 2.55. The topological polar surface area (TPSA) is 44.8 Å². The molecule has 2 saturated heterocycles. The van der Waals surface area contributed by atoms with E-state index in [1.807, 2.05) is 0 Å². The number of carbonyl (C=O) groups is 1. The Hall–Kier alpha value is -1.55. The van der Waals surface area contributed by atoms with Gasteiger partial charge in [-0.25, -0.2) is 0 Å². The summed E-state index contributed by atoms with van der Waals surface area (Å²) in [6.45, 7) is 9.44. The summed E-state index contributed by atoms with van der Waals surface area (Å²) in [6.07, 6.45) is 10.9. The number of Topliss-reactive ketones (excluding diaryl/α,β-unsaturated/α-hetero) is 1. The molecule has 0 bridgehead atoms. The summed E-state index contributed by atoms with van der Waals surface area (Å²) in [6, 6.07) is 0. The van der Waals surface area contributed by atoms with E-state index < -0.39 is 5.60 Å². The van der Waals surface area contributed by atoms with Gasteiger partial charge in [0.15, 0.2) is 0 Å². The van der Waals surface area contributed by atoms with Gasteiger partial charge in [0, 0.05) is 12.3 Å². The maximum atomic E-state index is 12.7. The first-order valence-electron chi connectivity index (χ1n) is 10.2. The molecule has 4 aliphatic rings. The molecule has 2 fully saturated rings. The highest BCUT2D eigenvalue weighted by Gasteiger charge is 2.62. The standard InChI is InChI=1S/C23H32O4/c1-14-7-8-16-19-17-15(13-26-19)18(24)21(25-5)20(17)27-23(16,4)11-6-10-22(2,3)12-9-14/h6,9-10,15-17,19H,7-8,11-13H2,1-5H3/b10-6+,14-9+/t15-,16-,17-,19-,23+/m0/s1. The van der Waals surface area contributed by atoms with Crippen LogP contribution in [-0.2, 0) is 19.0 Å². The Labute approximate surface area is 162 Å². The van der Waals surface area contributed by atoms with Crippen molar-refractivity contribution in [3.05, 3.63) is 35.3 Å². The van der Waals surface area contributed by atoms with Crippen molar-refractivity contribution in [2.24, 2.45) is 23.2 Å². The molecular formula is C23H32O4. The average molecular weight is 373 g/mol. The fraction of sp³-hybridized carbons (Fsp3) is 0.696. The minimum Gasteiger partial charge on any atom is -0.490 e. The fourth-order valence-electron chi connectivity index (χ4n) is 5.28. The molecule has 0 spiro atoms. The highest BCUT2D eigenvalue weighted by atomic mass is 16.6. The van der Waals surface area contributed by atoms with E-state index in [4.69, 9.17) is 14.2 Å². The molecule has 0 radical (unpaired) electrons. The molecule has 0 aromatic rings. The predicted molar refractivity (Wildman–Crippen MR) is 104 cm³/mol. The second-order valence-corrected chi connectivity index (χ2v) is 9.60. The van der Waals surface area contributed by atoms with Gasteiger partial charge in [-0.3, -0.25) is 4.79 Å². The SMILES string of the molecule is COC1=C2O[C@]3(C)C/C=C/C(C)(C)C/C=C(\C)CC[C@H]3[C@@H]3OC[C@H](C1=O)[C@H]23. The Morgan fingerprint density at radius 3 is 2.74 bits per heavy atom. The van der Waals surface area contributed by atoms with Crippen molar-refractivity contribution in [3.63, 3.8) is 0 Å². The first kappa shape index (κ1) is 18.8. The predicted octanol–water partition coefficient (Wildman–Crippen LogP) is 4.57. The van der Waals surface area contributed by atoms with Crippen molar-refractivity contribution in [1.82, 2.24) is 0 Å². The van der Waals surface area contributed by atoms with Gasteiger partial charge in [-0.15, -0.1) is 0 Å². The van der Waals surface area contributed by atoms with E-state index in [1.165, 1.54) is 5.57 Å². The van der Waals surface area contributed by atoms with E-state index in [0.717, 1.165) is 31.4 Å². The molecule has 2 heterocycles. The summed E-state index contributed by atoms with van der Waals surface area (Å²) in [5.74, 6) is 1.37. The number of allylic oxidation sites excluding steroid dienone is 4. The average Bonchev–Trinajstić information content (AvgIpc) is 3.13. The zero-order chi connectivity index (χ0) is 19.4. The van der Waals surface area contributed by atoms with E-state index >= 15 is 0 Å². The molecule has 2 aliphatic carbocycles. The van der Waals surface area contributed by atoms with E-state index in [0.29, 0.717) is 12.4 Å². The third-order valence-electron chi connectivity index (χ3n) is 6.99. The molecule has 0 aromatic carbocycles. The second-order valence-electron chi connectivity index (χ2n) is 9.60. The highest BCUT2D eigenvalue weighted by molar-refractivity contribution is 5.99. The summed E-state index contributed by atoms with van der Waals surface area (Å²) in [7, 11) is 1.57. The lowest BCUT2D eigenvalue weighted by Crippen LogP contribution is -2.51. The molecule has 27 heavy (non-hydrogen) atoms. The molecule has 0 unspecified atom stereocenters. The molecule has 0 saturated carbocycles. The van der Waals surface area contributed by atoms with Crippen LogP contribution in [0.3, 0.4) is 0 Å². The molecule has 0 amide bonds. The zero-order valence-electron chi connectivity index (χ0n) is 17.2. The van der Waals surface area contributed by atoms with E-state index in [9.17, 15) is 4.79 Å². The number of hydrogen-bond donors (Lipinski definition) is 0. The van der Waals surface area contributed by atoms with Crippen LogP contribution in [0.4, 0.5) is 0 Å². The maximum absolute atomic E-state index is 12.7. The third kappa shape index (κ3) is 3.06. The number of hydrogen-bond acceptors (Lipinski definition) is 4. The first-order chi connectivity index (χ1) is 12.8. The summed E-state index contributed by atoms with van der Waals surface area (Å²) in [5, 5.41) is 0. The van der Waals surface area contributed by atoms with Crippen molar-refractivity contribution in [2.45, 2.75) is 65.1 Å². The largest absolute Gasteiger partial charge is 0.490 e. The van der Waals surface area contributed by atoms with Gasteiger partial charge in [0.1, 0.15) is 11.4 Å². The molecule has 4 rings (SSSR count). The van der Waals surface area contributed by atoms with Crippen LogP contribution in [0.15, 0.2) is 35.3 Å². The molecule has 2 aliphatic heterocycles. The van der Waals surface area contributed by atoms with Gasteiger partial charge >= 0.3 is 0 Å². The quantitative estimate of drug-likeness (QED) is 0.633. The maximum Gasteiger partial charge on any atom is 0.207 e. The van der Waals surface area contributed by atoms with Crippen LogP contribution in [0.25, 0.3) is 0 Å². The Bertz CT molecular complexity index is 729. The molecule has 0 aromatic heterocycles. The van der Waals surface area contributed by atoms with Crippen LogP contribution in [-0.4, -0.2) is 31.2 Å². The lowest BCUT2D eigenvalue weighted by molar-refractivity contribution is -0.139. The van der Waals surface area contributed by atoms with Crippen molar-refractivity contribution in [2.75, 3.05) is 13.7 Å². The Kier molecular flexibility index (Phi) is 4.53.